The molecule has 0 unspecified atom stereocenters. The molecule has 0 aliphatic carbocycles. The number of halogens is 1. The Balaban J connectivity index is 1.82. The highest BCUT2D eigenvalue weighted by Gasteiger charge is 2.34. The zero-order valence-electron chi connectivity index (χ0n) is 16.0. The molecule has 7 heteroatoms. The van der Waals surface area contributed by atoms with Gasteiger partial charge in [0.05, 0.1) is 5.57 Å². The molecule has 0 radical (unpaired) electrons. The minimum absolute atomic E-state index is 0.164. The summed E-state index contributed by atoms with van der Waals surface area (Å²) in [6.45, 7) is 7.97. The fourth-order valence-corrected chi connectivity index (χ4v) is 4.55. The number of rotatable bonds is 2. The van der Waals surface area contributed by atoms with Crippen LogP contribution in [0.2, 0.25) is 5.02 Å². The minimum Gasteiger partial charge on any atom is -0.318 e. The van der Waals surface area contributed by atoms with Crippen molar-refractivity contribution in [3.05, 3.63) is 68.5 Å². The number of aromatic nitrogens is 1. The molecule has 2 aromatic rings. The van der Waals surface area contributed by atoms with Crippen molar-refractivity contribution in [2.24, 2.45) is 4.99 Å². The van der Waals surface area contributed by atoms with Crippen molar-refractivity contribution in [3.8, 4) is 5.69 Å². The largest absolute Gasteiger partial charge is 0.318 e. The van der Waals surface area contributed by atoms with E-state index in [-0.39, 0.29) is 11.7 Å². The van der Waals surface area contributed by atoms with Gasteiger partial charge in [0.25, 0.3) is 5.91 Å². The van der Waals surface area contributed by atoms with Gasteiger partial charge in [-0.05, 0) is 68.5 Å². The van der Waals surface area contributed by atoms with Gasteiger partial charge in [-0.2, -0.15) is 4.99 Å². The lowest BCUT2D eigenvalue weighted by Gasteiger charge is -2.25. The Morgan fingerprint density at radius 2 is 1.93 bits per heavy atom. The summed E-state index contributed by atoms with van der Waals surface area (Å²) in [6.07, 6.45) is 1.76. The van der Waals surface area contributed by atoms with Crippen LogP contribution in [0.1, 0.15) is 29.4 Å². The summed E-state index contributed by atoms with van der Waals surface area (Å²) >= 11 is 7.58. The van der Waals surface area contributed by atoms with E-state index in [4.69, 9.17) is 17.0 Å². The fourth-order valence-electron chi connectivity index (χ4n) is 3.52. The number of aliphatic imine (C=N–C) groups is 1. The van der Waals surface area contributed by atoms with Gasteiger partial charge in [-0.1, -0.05) is 29.4 Å². The molecule has 1 amide bonds. The second kappa shape index (κ2) is 6.79. The van der Waals surface area contributed by atoms with Crippen molar-refractivity contribution < 1.29 is 4.79 Å². The van der Waals surface area contributed by atoms with Crippen LogP contribution in [0, 0.1) is 26.2 Å². The van der Waals surface area contributed by atoms with E-state index in [1.54, 1.807) is 11.0 Å². The number of aryl methyl sites for hydroxylation is 2. The van der Waals surface area contributed by atoms with Crippen LogP contribution >= 0.6 is 23.4 Å². The number of fused-ring (bicyclic) bond motifs is 1. The SMILES string of the molecule is CC1=CSC2=NC(=O)/C(=C/c3cc(C)n(-c4cc(Cl)ccc4C)c3C)C(=N)N12. The molecule has 1 aromatic carbocycles. The fraction of sp³-hybridized carbons (Fsp3) is 0.190. The van der Waals surface area contributed by atoms with E-state index in [9.17, 15) is 4.79 Å². The predicted octanol–water partition coefficient (Wildman–Crippen LogP) is 5.22. The Bertz CT molecular complexity index is 1140. The molecular weight excluding hydrogens is 392 g/mol. The monoisotopic (exact) mass is 410 g/mol. The number of thioether (sulfide) groups is 1. The zero-order chi connectivity index (χ0) is 20.2. The van der Waals surface area contributed by atoms with Gasteiger partial charge in [0.2, 0.25) is 0 Å². The Kier molecular flexibility index (Phi) is 4.56. The summed E-state index contributed by atoms with van der Waals surface area (Å²) in [7, 11) is 0. The molecule has 0 saturated heterocycles. The van der Waals surface area contributed by atoms with Crippen LogP contribution in [0.4, 0.5) is 0 Å². The molecule has 0 spiro atoms. The lowest BCUT2D eigenvalue weighted by atomic mass is 10.1. The Labute approximate surface area is 172 Å². The summed E-state index contributed by atoms with van der Waals surface area (Å²) in [5.74, 6) is -0.215. The highest BCUT2D eigenvalue weighted by atomic mass is 35.5. The number of carbonyl (C=O) groups excluding carboxylic acids is 1. The van der Waals surface area contributed by atoms with Gasteiger partial charge in [-0.3, -0.25) is 15.1 Å². The van der Waals surface area contributed by atoms with E-state index in [0.29, 0.717) is 15.8 Å². The van der Waals surface area contributed by atoms with Crippen molar-refractivity contribution in [2.45, 2.75) is 27.7 Å². The highest BCUT2D eigenvalue weighted by molar-refractivity contribution is 8.16. The van der Waals surface area contributed by atoms with Gasteiger partial charge < -0.3 is 4.57 Å². The second-order valence-electron chi connectivity index (χ2n) is 6.91. The van der Waals surface area contributed by atoms with Gasteiger partial charge in [0.15, 0.2) is 5.17 Å². The number of nitrogens with zero attached hydrogens (tertiary/aromatic N) is 3. The van der Waals surface area contributed by atoms with Crippen LogP contribution in [-0.4, -0.2) is 26.4 Å². The summed E-state index contributed by atoms with van der Waals surface area (Å²) in [6, 6.07) is 7.82. The molecule has 0 saturated carbocycles. The average Bonchev–Trinajstić information content (AvgIpc) is 3.13. The number of nitrogens with one attached hydrogen (secondary N) is 1. The van der Waals surface area contributed by atoms with E-state index in [1.807, 2.05) is 57.4 Å². The summed E-state index contributed by atoms with van der Waals surface area (Å²) in [5, 5.41) is 11.6. The van der Waals surface area contributed by atoms with Gasteiger partial charge in [-0.25, -0.2) is 0 Å². The first-order valence-corrected chi connectivity index (χ1v) is 10.1. The first kappa shape index (κ1) is 18.8. The lowest BCUT2D eigenvalue weighted by Crippen LogP contribution is -2.37. The van der Waals surface area contributed by atoms with Crippen LogP contribution in [0.5, 0.6) is 0 Å². The number of amidine groups is 2. The van der Waals surface area contributed by atoms with Gasteiger partial charge in [-0.15, -0.1) is 0 Å². The number of hydrogen-bond acceptors (Lipinski definition) is 3. The van der Waals surface area contributed by atoms with Crippen molar-refractivity contribution in [3.63, 3.8) is 0 Å². The van der Waals surface area contributed by atoms with E-state index >= 15 is 0 Å². The minimum atomic E-state index is -0.379. The molecule has 4 rings (SSSR count). The highest BCUT2D eigenvalue weighted by Crippen LogP contribution is 2.33. The molecular formula is C21H19ClN4OS. The average molecular weight is 411 g/mol. The van der Waals surface area contributed by atoms with Crippen molar-refractivity contribution >= 4 is 46.3 Å². The van der Waals surface area contributed by atoms with Crippen LogP contribution < -0.4 is 0 Å². The molecule has 0 bridgehead atoms. The van der Waals surface area contributed by atoms with Crippen LogP contribution in [-0.2, 0) is 4.79 Å². The molecule has 0 atom stereocenters. The normalized spacial score (nSPS) is 17.9. The molecule has 5 nitrogen and oxygen atoms in total. The van der Waals surface area contributed by atoms with Gasteiger partial charge in [0, 0.05) is 27.8 Å². The number of allylic oxidation sites excluding steroid dienone is 1. The molecule has 2 aliphatic heterocycles. The first-order chi connectivity index (χ1) is 13.3. The summed E-state index contributed by atoms with van der Waals surface area (Å²) < 4.78 is 2.12. The van der Waals surface area contributed by atoms with E-state index in [2.05, 4.69) is 9.56 Å². The number of amides is 1. The standard InChI is InChI=1S/C21H19ClN4OS/c1-11-5-6-16(22)9-18(11)25-12(2)7-15(14(25)4)8-17-19(23)26-13(3)10-28-21(26)24-20(17)27/h5-10,23H,1-4H3/b17-8+,23-19?. The molecule has 3 heterocycles. The van der Waals surface area contributed by atoms with Crippen molar-refractivity contribution in [1.29, 1.82) is 5.41 Å². The van der Waals surface area contributed by atoms with Gasteiger partial charge in [0.1, 0.15) is 5.84 Å². The molecule has 142 valence electrons. The lowest BCUT2D eigenvalue weighted by molar-refractivity contribution is -0.114. The third kappa shape index (κ3) is 2.93. The maximum atomic E-state index is 12.5. The maximum Gasteiger partial charge on any atom is 0.283 e. The van der Waals surface area contributed by atoms with Crippen LogP contribution in [0.15, 0.2) is 45.9 Å². The predicted molar refractivity (Wildman–Crippen MR) is 116 cm³/mol. The Hall–Kier alpha value is -2.57. The molecule has 1 aromatic heterocycles. The maximum absolute atomic E-state index is 12.5. The smallest absolute Gasteiger partial charge is 0.283 e. The van der Waals surface area contributed by atoms with Crippen molar-refractivity contribution in [2.75, 3.05) is 0 Å². The van der Waals surface area contributed by atoms with Crippen molar-refractivity contribution in [1.82, 2.24) is 9.47 Å². The second-order valence-corrected chi connectivity index (χ2v) is 8.18. The summed E-state index contributed by atoms with van der Waals surface area (Å²) in [4.78, 5) is 18.4. The molecule has 0 fully saturated rings. The number of hydrogen-bond donors (Lipinski definition) is 1. The van der Waals surface area contributed by atoms with E-state index in [0.717, 1.165) is 33.9 Å². The summed E-state index contributed by atoms with van der Waals surface area (Å²) in [5.41, 5.74) is 6.20. The van der Waals surface area contributed by atoms with E-state index < -0.39 is 0 Å². The number of carbonyl (C=O) groups is 1. The third-order valence-corrected chi connectivity index (χ3v) is 6.15. The molecule has 1 N–H and O–H groups in total. The zero-order valence-corrected chi connectivity index (χ0v) is 17.6. The molecule has 2 aliphatic rings. The third-order valence-electron chi connectivity index (χ3n) is 4.97. The Morgan fingerprint density at radius 3 is 2.68 bits per heavy atom. The molecule has 28 heavy (non-hydrogen) atoms. The number of benzene rings is 1. The van der Waals surface area contributed by atoms with Crippen LogP contribution in [0.3, 0.4) is 0 Å². The van der Waals surface area contributed by atoms with Crippen LogP contribution in [0.25, 0.3) is 11.8 Å². The topological polar surface area (TPSA) is 61.5 Å². The van der Waals surface area contributed by atoms with E-state index in [1.165, 1.54) is 11.8 Å². The van der Waals surface area contributed by atoms with Gasteiger partial charge >= 0.3 is 0 Å². The first-order valence-electron chi connectivity index (χ1n) is 8.80. The Morgan fingerprint density at radius 1 is 1.18 bits per heavy atom. The quantitative estimate of drug-likeness (QED) is 0.690.